The Bertz CT molecular complexity index is 955. The zero-order valence-electron chi connectivity index (χ0n) is 17.4. The summed E-state index contributed by atoms with van der Waals surface area (Å²) in [4.78, 5) is 7.43. The number of piperidine rings is 1. The number of hydrogen-bond donors (Lipinski definition) is 3. The van der Waals surface area contributed by atoms with E-state index in [0.29, 0.717) is 32.0 Å². The first kappa shape index (κ1) is 24.9. The van der Waals surface area contributed by atoms with Crippen LogP contribution in [0.25, 0.3) is 10.9 Å². The van der Waals surface area contributed by atoms with Crippen LogP contribution in [-0.4, -0.2) is 62.1 Å². The molecule has 0 unspecified atom stereocenters. The normalized spacial score (nSPS) is 16.4. The van der Waals surface area contributed by atoms with Gasteiger partial charge in [-0.1, -0.05) is 6.92 Å². The molecule has 2 aromatic rings. The van der Waals surface area contributed by atoms with E-state index in [2.05, 4.69) is 20.6 Å². The van der Waals surface area contributed by atoms with Crippen molar-refractivity contribution in [3.05, 3.63) is 35.8 Å². The highest BCUT2D eigenvalue weighted by Gasteiger charge is 2.27. The minimum absolute atomic E-state index is 0. The van der Waals surface area contributed by atoms with E-state index in [0.717, 1.165) is 35.7 Å². The Kier molecular flexibility index (Phi) is 9.35. The fourth-order valence-electron chi connectivity index (χ4n) is 3.73. The van der Waals surface area contributed by atoms with E-state index in [4.69, 9.17) is 0 Å². The second kappa shape index (κ2) is 11.3. The molecule has 1 aromatic heterocycles. The van der Waals surface area contributed by atoms with Gasteiger partial charge in [-0.05, 0) is 49.4 Å². The zero-order chi connectivity index (χ0) is 20.9. The van der Waals surface area contributed by atoms with Crippen molar-refractivity contribution in [3.63, 3.8) is 0 Å². The maximum absolute atomic E-state index is 13.5. The number of sulfonamides is 1. The first-order valence-electron chi connectivity index (χ1n) is 10.1. The number of aliphatic imine (C=N–C) groups is 1. The quantitative estimate of drug-likeness (QED) is 0.281. The molecule has 0 bridgehead atoms. The van der Waals surface area contributed by atoms with Crippen LogP contribution in [0.3, 0.4) is 0 Å². The van der Waals surface area contributed by atoms with Gasteiger partial charge in [0.2, 0.25) is 10.0 Å². The van der Waals surface area contributed by atoms with E-state index in [1.165, 1.54) is 6.07 Å². The molecule has 3 rings (SSSR count). The predicted molar refractivity (Wildman–Crippen MR) is 131 cm³/mol. The van der Waals surface area contributed by atoms with Crippen molar-refractivity contribution < 1.29 is 12.8 Å². The van der Waals surface area contributed by atoms with Crippen molar-refractivity contribution >= 4 is 50.9 Å². The Balaban J connectivity index is 0.00000320. The van der Waals surface area contributed by atoms with E-state index in [-0.39, 0.29) is 41.6 Å². The number of guanidine groups is 1. The van der Waals surface area contributed by atoms with Crippen molar-refractivity contribution in [1.82, 2.24) is 19.9 Å². The van der Waals surface area contributed by atoms with E-state index in [1.807, 2.05) is 13.1 Å². The summed E-state index contributed by atoms with van der Waals surface area (Å²) in [5.74, 6) is 0.674. The van der Waals surface area contributed by atoms with Crippen LogP contribution in [0, 0.1) is 5.82 Å². The Hall–Kier alpha value is -1.40. The number of aromatic amines is 1. The van der Waals surface area contributed by atoms with Crippen molar-refractivity contribution in [2.24, 2.45) is 4.99 Å². The van der Waals surface area contributed by atoms with Crippen LogP contribution in [0.1, 0.15) is 31.7 Å². The molecule has 7 nitrogen and oxygen atoms in total. The van der Waals surface area contributed by atoms with Crippen molar-refractivity contribution in [2.75, 3.05) is 32.4 Å². The molecule has 0 atom stereocenters. The lowest BCUT2D eigenvalue weighted by molar-refractivity contribution is 0.306. The lowest BCUT2D eigenvalue weighted by Crippen LogP contribution is -2.50. The largest absolute Gasteiger partial charge is 0.361 e. The average molecular weight is 551 g/mol. The average Bonchev–Trinajstić information content (AvgIpc) is 3.09. The molecule has 3 N–H and O–H groups in total. The highest BCUT2D eigenvalue weighted by Crippen LogP contribution is 2.19. The molecule has 0 amide bonds. The number of aromatic nitrogens is 1. The lowest BCUT2D eigenvalue weighted by atomic mass is 10.1. The van der Waals surface area contributed by atoms with Crippen LogP contribution in [0.5, 0.6) is 0 Å². The molecule has 0 radical (unpaired) electrons. The molecule has 1 aromatic carbocycles. The number of nitrogens with one attached hydrogen (secondary N) is 3. The lowest BCUT2D eigenvalue weighted by Gasteiger charge is -2.32. The van der Waals surface area contributed by atoms with Gasteiger partial charge in [-0.25, -0.2) is 17.1 Å². The number of H-pyrrole nitrogens is 1. The van der Waals surface area contributed by atoms with Gasteiger partial charge < -0.3 is 15.6 Å². The number of rotatable bonds is 7. The van der Waals surface area contributed by atoms with Crippen molar-refractivity contribution in [3.8, 4) is 0 Å². The standard InChI is InChI=1S/C20H30FN5O2S.HI/c1-3-12-29(27,28)26-10-7-17(8-11-26)25-20(22-2)23-9-6-15-14-24-19-5-4-16(21)13-18(15)19;/h4-5,13-14,17,24H,3,6-12H2,1-2H3,(H2,22,23,25);1H. The summed E-state index contributed by atoms with van der Waals surface area (Å²) in [7, 11) is -1.40. The summed E-state index contributed by atoms with van der Waals surface area (Å²) in [6.45, 7) is 3.62. The summed E-state index contributed by atoms with van der Waals surface area (Å²) < 4.78 is 39.5. The molecule has 0 aliphatic carbocycles. The Morgan fingerprint density at radius 3 is 2.73 bits per heavy atom. The van der Waals surface area contributed by atoms with Crippen LogP contribution < -0.4 is 10.6 Å². The smallest absolute Gasteiger partial charge is 0.214 e. The van der Waals surface area contributed by atoms with Gasteiger partial charge in [0.1, 0.15) is 5.82 Å². The van der Waals surface area contributed by atoms with Gasteiger partial charge >= 0.3 is 0 Å². The highest BCUT2D eigenvalue weighted by molar-refractivity contribution is 14.0. The molecule has 10 heteroatoms. The Labute approximate surface area is 195 Å². The van der Waals surface area contributed by atoms with Crippen molar-refractivity contribution in [2.45, 2.75) is 38.6 Å². The van der Waals surface area contributed by atoms with Crippen LogP contribution >= 0.6 is 24.0 Å². The Morgan fingerprint density at radius 2 is 2.07 bits per heavy atom. The van der Waals surface area contributed by atoms with Gasteiger partial charge in [-0.3, -0.25) is 4.99 Å². The molecular formula is C20H31FIN5O2S. The molecular weight excluding hydrogens is 520 g/mol. The third kappa shape index (κ3) is 6.30. The molecule has 30 heavy (non-hydrogen) atoms. The number of fused-ring (bicyclic) bond motifs is 1. The number of halogens is 2. The van der Waals surface area contributed by atoms with Crippen LogP contribution in [-0.2, 0) is 16.4 Å². The zero-order valence-corrected chi connectivity index (χ0v) is 20.6. The topological polar surface area (TPSA) is 89.6 Å². The number of benzene rings is 1. The molecule has 1 fully saturated rings. The fraction of sp³-hybridized carbons (Fsp3) is 0.550. The van der Waals surface area contributed by atoms with Crippen LogP contribution in [0.15, 0.2) is 29.4 Å². The SMILES string of the molecule is CCCS(=O)(=O)N1CCC(NC(=NC)NCCc2c[nH]c3ccc(F)cc23)CC1.I. The minimum Gasteiger partial charge on any atom is -0.361 e. The van der Waals surface area contributed by atoms with E-state index in [9.17, 15) is 12.8 Å². The third-order valence-electron chi connectivity index (χ3n) is 5.29. The minimum atomic E-state index is -3.12. The Morgan fingerprint density at radius 1 is 1.33 bits per heavy atom. The van der Waals surface area contributed by atoms with Gasteiger partial charge in [0, 0.05) is 49.8 Å². The number of nitrogens with zero attached hydrogens (tertiary/aromatic N) is 2. The summed E-state index contributed by atoms with van der Waals surface area (Å²) >= 11 is 0. The summed E-state index contributed by atoms with van der Waals surface area (Å²) in [6, 6.07) is 4.94. The van der Waals surface area contributed by atoms with Gasteiger partial charge in [0.05, 0.1) is 5.75 Å². The van der Waals surface area contributed by atoms with Crippen LogP contribution in [0.2, 0.25) is 0 Å². The van der Waals surface area contributed by atoms with Crippen molar-refractivity contribution in [1.29, 1.82) is 0 Å². The monoisotopic (exact) mass is 551 g/mol. The molecule has 168 valence electrons. The predicted octanol–water partition coefficient (Wildman–Crippen LogP) is 2.84. The second-order valence-corrected chi connectivity index (χ2v) is 9.47. The third-order valence-corrected chi connectivity index (χ3v) is 7.37. The van der Waals surface area contributed by atoms with Gasteiger partial charge in [-0.15, -0.1) is 24.0 Å². The van der Waals surface area contributed by atoms with Gasteiger partial charge in [-0.2, -0.15) is 0 Å². The summed E-state index contributed by atoms with van der Waals surface area (Å²) in [6.07, 6.45) is 4.79. The number of hydrogen-bond acceptors (Lipinski definition) is 3. The summed E-state index contributed by atoms with van der Waals surface area (Å²) in [5, 5.41) is 7.58. The van der Waals surface area contributed by atoms with Crippen LogP contribution in [0.4, 0.5) is 4.39 Å². The molecule has 2 heterocycles. The maximum Gasteiger partial charge on any atom is 0.214 e. The highest BCUT2D eigenvalue weighted by atomic mass is 127. The molecule has 0 saturated carbocycles. The van der Waals surface area contributed by atoms with Gasteiger partial charge in [0.25, 0.3) is 0 Å². The molecule has 1 saturated heterocycles. The van der Waals surface area contributed by atoms with E-state index >= 15 is 0 Å². The summed E-state index contributed by atoms with van der Waals surface area (Å²) in [5.41, 5.74) is 1.98. The molecule has 0 spiro atoms. The fourth-order valence-corrected chi connectivity index (χ4v) is 5.27. The van der Waals surface area contributed by atoms with Gasteiger partial charge in [0.15, 0.2) is 5.96 Å². The molecule has 1 aliphatic heterocycles. The second-order valence-electron chi connectivity index (χ2n) is 7.39. The van der Waals surface area contributed by atoms with E-state index in [1.54, 1.807) is 23.5 Å². The first-order valence-corrected chi connectivity index (χ1v) is 11.7. The molecule has 1 aliphatic rings. The van der Waals surface area contributed by atoms with E-state index < -0.39 is 10.0 Å². The first-order chi connectivity index (χ1) is 13.9. The maximum atomic E-state index is 13.5.